The highest BCUT2D eigenvalue weighted by atomic mass is 32.2. The van der Waals surface area contributed by atoms with Crippen molar-refractivity contribution in [2.75, 3.05) is 16.3 Å². The Hall–Kier alpha value is -2.67. The number of para-hydroxylation sites is 2. The maximum atomic E-state index is 12.4. The monoisotopic (exact) mass is 374 g/mol. The largest absolute Gasteiger partial charge is 0.324 e. The minimum Gasteiger partial charge on any atom is -0.324 e. The van der Waals surface area contributed by atoms with Crippen LogP contribution in [0.25, 0.3) is 0 Å². The van der Waals surface area contributed by atoms with Crippen LogP contribution in [0.1, 0.15) is 34.3 Å². The van der Waals surface area contributed by atoms with Gasteiger partial charge in [0.25, 0.3) is 0 Å². The molecule has 0 unspecified atom stereocenters. The van der Waals surface area contributed by atoms with Crippen molar-refractivity contribution in [1.82, 2.24) is 0 Å². The molecule has 7 heteroatoms. The van der Waals surface area contributed by atoms with Crippen LogP contribution in [-0.4, -0.2) is 26.4 Å². The zero-order valence-electron chi connectivity index (χ0n) is 15.0. The fourth-order valence-corrected chi connectivity index (χ4v) is 3.07. The number of ketones is 1. The Labute approximate surface area is 153 Å². The van der Waals surface area contributed by atoms with Crippen molar-refractivity contribution < 1.29 is 18.0 Å². The molecule has 2 rings (SSSR count). The fraction of sp³-hybridized carbons (Fsp3) is 0.263. The zero-order valence-corrected chi connectivity index (χ0v) is 15.8. The van der Waals surface area contributed by atoms with Gasteiger partial charge >= 0.3 is 0 Å². The van der Waals surface area contributed by atoms with Crippen LogP contribution in [0, 0.1) is 13.8 Å². The molecule has 0 heterocycles. The number of amides is 1. The van der Waals surface area contributed by atoms with Gasteiger partial charge in [0.2, 0.25) is 15.9 Å². The predicted molar refractivity (Wildman–Crippen MR) is 103 cm³/mol. The molecule has 2 aromatic rings. The van der Waals surface area contributed by atoms with Crippen LogP contribution >= 0.6 is 0 Å². The molecule has 0 spiro atoms. The number of carbonyl (C=O) groups is 2. The average Bonchev–Trinajstić information content (AvgIpc) is 2.55. The fourth-order valence-electron chi connectivity index (χ4n) is 2.49. The maximum Gasteiger partial charge on any atom is 0.229 e. The van der Waals surface area contributed by atoms with E-state index < -0.39 is 10.0 Å². The molecule has 0 atom stereocenters. The Morgan fingerprint density at radius 1 is 0.962 bits per heavy atom. The molecule has 1 amide bonds. The third kappa shape index (κ3) is 5.70. The van der Waals surface area contributed by atoms with Gasteiger partial charge in [-0.3, -0.25) is 14.3 Å². The van der Waals surface area contributed by atoms with E-state index in [4.69, 9.17) is 0 Å². The van der Waals surface area contributed by atoms with E-state index in [1.165, 1.54) is 0 Å². The molecule has 26 heavy (non-hydrogen) atoms. The average molecular weight is 374 g/mol. The van der Waals surface area contributed by atoms with Crippen molar-refractivity contribution in [2.45, 2.75) is 26.7 Å². The minimum atomic E-state index is -3.46. The van der Waals surface area contributed by atoms with Crippen molar-refractivity contribution in [3.63, 3.8) is 0 Å². The lowest BCUT2D eigenvalue weighted by Crippen LogP contribution is -2.17. The van der Waals surface area contributed by atoms with E-state index in [1.807, 2.05) is 32.0 Å². The van der Waals surface area contributed by atoms with Crippen LogP contribution in [0.5, 0.6) is 0 Å². The van der Waals surface area contributed by atoms with Gasteiger partial charge < -0.3 is 5.32 Å². The van der Waals surface area contributed by atoms with Crippen molar-refractivity contribution in [1.29, 1.82) is 0 Å². The van der Waals surface area contributed by atoms with E-state index in [2.05, 4.69) is 10.0 Å². The highest BCUT2D eigenvalue weighted by molar-refractivity contribution is 7.92. The molecule has 2 N–H and O–H groups in total. The van der Waals surface area contributed by atoms with Gasteiger partial charge in [-0.05, 0) is 37.6 Å². The van der Waals surface area contributed by atoms with Crippen molar-refractivity contribution >= 4 is 33.1 Å². The Morgan fingerprint density at radius 2 is 1.62 bits per heavy atom. The number of rotatable bonds is 7. The van der Waals surface area contributed by atoms with E-state index >= 15 is 0 Å². The quantitative estimate of drug-likeness (QED) is 0.728. The molecular weight excluding hydrogens is 352 g/mol. The highest BCUT2D eigenvalue weighted by Gasteiger charge is 2.14. The van der Waals surface area contributed by atoms with Gasteiger partial charge in [-0.1, -0.05) is 29.8 Å². The van der Waals surface area contributed by atoms with Crippen molar-refractivity contribution in [2.24, 2.45) is 0 Å². The molecule has 6 nitrogen and oxygen atoms in total. The number of benzene rings is 2. The molecular formula is C19H22N2O4S. The van der Waals surface area contributed by atoms with Crippen LogP contribution in [-0.2, 0) is 14.8 Å². The number of carbonyl (C=O) groups excluding carboxylic acids is 2. The van der Waals surface area contributed by atoms with Crippen LogP contribution in [0.15, 0.2) is 42.5 Å². The molecule has 2 aromatic carbocycles. The number of nitrogens with one attached hydrogen (secondary N) is 2. The number of sulfonamides is 1. The summed E-state index contributed by atoms with van der Waals surface area (Å²) in [5.74, 6) is -0.449. The summed E-state index contributed by atoms with van der Waals surface area (Å²) in [6, 6.07) is 12.1. The van der Waals surface area contributed by atoms with Gasteiger partial charge in [0.05, 0.1) is 17.6 Å². The summed E-state index contributed by atoms with van der Waals surface area (Å²) >= 11 is 0. The van der Waals surface area contributed by atoms with Gasteiger partial charge in [0.15, 0.2) is 5.78 Å². The summed E-state index contributed by atoms with van der Waals surface area (Å²) in [6.45, 7) is 3.77. The number of hydrogen-bond donors (Lipinski definition) is 2. The normalized spacial score (nSPS) is 11.0. The molecule has 0 fully saturated rings. The van der Waals surface area contributed by atoms with Crippen molar-refractivity contribution in [3.05, 3.63) is 59.2 Å². The summed E-state index contributed by atoms with van der Waals surface area (Å²) in [6.07, 6.45) is 1.13. The third-order valence-corrected chi connectivity index (χ3v) is 4.36. The number of anilines is 2. The van der Waals surface area contributed by atoms with E-state index in [0.717, 1.165) is 17.4 Å². The highest BCUT2D eigenvalue weighted by Crippen LogP contribution is 2.22. The molecule has 0 radical (unpaired) electrons. The molecule has 0 saturated carbocycles. The van der Waals surface area contributed by atoms with Gasteiger partial charge in [0, 0.05) is 18.4 Å². The van der Waals surface area contributed by atoms with E-state index in [-0.39, 0.29) is 30.2 Å². The summed E-state index contributed by atoms with van der Waals surface area (Å²) < 4.78 is 25.2. The Kier molecular flexibility index (Phi) is 6.15. The second-order valence-electron chi connectivity index (χ2n) is 6.21. The molecule has 0 bridgehead atoms. The van der Waals surface area contributed by atoms with E-state index in [0.29, 0.717) is 11.3 Å². The lowest BCUT2D eigenvalue weighted by Gasteiger charge is -2.12. The second-order valence-corrected chi connectivity index (χ2v) is 7.96. The van der Waals surface area contributed by atoms with E-state index in [1.54, 1.807) is 24.3 Å². The Balaban J connectivity index is 2.01. The van der Waals surface area contributed by atoms with Gasteiger partial charge in [-0.15, -0.1) is 0 Å². The standard InChI is InChI=1S/C19H22N2O4S/c1-13-8-9-14(2)15(12-13)18(22)10-11-19(23)20-16-6-4-5-7-17(16)21-26(3,24)25/h4-9,12,21H,10-11H2,1-3H3,(H,20,23). The van der Waals surface area contributed by atoms with Crippen LogP contribution in [0.4, 0.5) is 11.4 Å². The first-order valence-corrected chi connectivity index (χ1v) is 10.0. The summed E-state index contributed by atoms with van der Waals surface area (Å²) in [7, 11) is -3.46. The van der Waals surface area contributed by atoms with Crippen LogP contribution in [0.2, 0.25) is 0 Å². The predicted octanol–water partition coefficient (Wildman–Crippen LogP) is 3.28. The lowest BCUT2D eigenvalue weighted by molar-refractivity contribution is -0.116. The number of hydrogen-bond acceptors (Lipinski definition) is 4. The van der Waals surface area contributed by atoms with Gasteiger partial charge in [0.1, 0.15) is 0 Å². The number of aryl methyl sites for hydroxylation is 2. The zero-order chi connectivity index (χ0) is 19.3. The van der Waals surface area contributed by atoms with Crippen molar-refractivity contribution in [3.8, 4) is 0 Å². The van der Waals surface area contributed by atoms with E-state index in [9.17, 15) is 18.0 Å². The molecule has 0 aliphatic heterocycles. The smallest absolute Gasteiger partial charge is 0.229 e. The topological polar surface area (TPSA) is 92.3 Å². The molecule has 0 saturated heterocycles. The maximum absolute atomic E-state index is 12.4. The summed E-state index contributed by atoms with van der Waals surface area (Å²) in [5, 5.41) is 2.65. The molecule has 0 aromatic heterocycles. The minimum absolute atomic E-state index is 0.0133. The Morgan fingerprint density at radius 3 is 2.27 bits per heavy atom. The molecule has 0 aliphatic rings. The third-order valence-electron chi connectivity index (χ3n) is 3.77. The van der Waals surface area contributed by atoms with Gasteiger partial charge in [-0.25, -0.2) is 8.42 Å². The SMILES string of the molecule is Cc1ccc(C)c(C(=O)CCC(=O)Nc2ccccc2NS(C)(=O)=O)c1. The Bertz CT molecular complexity index is 936. The first kappa shape index (κ1) is 19.7. The summed E-state index contributed by atoms with van der Waals surface area (Å²) in [5.41, 5.74) is 3.12. The summed E-state index contributed by atoms with van der Waals surface area (Å²) in [4.78, 5) is 24.5. The van der Waals surface area contributed by atoms with Crippen LogP contribution < -0.4 is 10.0 Å². The lowest BCUT2D eigenvalue weighted by atomic mass is 9.99. The second kappa shape index (κ2) is 8.14. The molecule has 0 aliphatic carbocycles. The van der Waals surface area contributed by atoms with Gasteiger partial charge in [-0.2, -0.15) is 0 Å². The first-order chi connectivity index (χ1) is 12.2. The molecule has 138 valence electrons. The number of Topliss-reactive ketones (excluding diaryl/α,β-unsaturated/α-hetero) is 1. The van der Waals surface area contributed by atoms with Crippen LogP contribution in [0.3, 0.4) is 0 Å². The first-order valence-electron chi connectivity index (χ1n) is 8.13.